The Morgan fingerprint density at radius 1 is 1.25 bits per heavy atom. The van der Waals surface area contributed by atoms with E-state index in [2.05, 4.69) is 13.2 Å². The number of aliphatic hydroxyl groups excluding tert-OH is 2. The molecule has 3 N–H and O–H groups in total. The molecule has 0 aromatic rings. The summed E-state index contributed by atoms with van der Waals surface area (Å²) in [6, 6.07) is 0. The normalized spacial score (nSPS) is 13.9. The molecule has 0 aliphatic heterocycles. The minimum Gasteiger partial charge on any atom is -0.394 e. The van der Waals surface area contributed by atoms with Crippen LogP contribution in [0.3, 0.4) is 0 Å². The van der Waals surface area contributed by atoms with Crippen molar-refractivity contribution in [3.05, 3.63) is 25.3 Å². The first-order valence-electron chi connectivity index (χ1n) is 3.84. The first-order valence-corrected chi connectivity index (χ1v) is 3.84. The van der Waals surface area contributed by atoms with Crippen LogP contribution < -0.4 is 0 Å². The van der Waals surface area contributed by atoms with Gasteiger partial charge >= 0.3 is 0 Å². The molecule has 0 aromatic heterocycles. The Labute approximate surface area is 72.7 Å². The summed E-state index contributed by atoms with van der Waals surface area (Å²) in [6.07, 6.45) is 2.33. The summed E-state index contributed by atoms with van der Waals surface area (Å²) in [5.41, 5.74) is -1.32. The second kappa shape index (κ2) is 5.09. The van der Waals surface area contributed by atoms with Gasteiger partial charge in [-0.05, 0) is 12.8 Å². The highest BCUT2D eigenvalue weighted by atomic mass is 16.4. The molecular weight excluding hydrogens is 156 g/mol. The smallest absolute Gasteiger partial charge is 0.106 e. The van der Waals surface area contributed by atoms with Crippen molar-refractivity contribution in [2.75, 3.05) is 6.61 Å². The fraction of sp³-hybridized carbons (Fsp3) is 0.556. The van der Waals surface area contributed by atoms with E-state index >= 15 is 0 Å². The third-order valence-electron chi connectivity index (χ3n) is 1.79. The summed E-state index contributed by atoms with van der Waals surface area (Å²) in [5, 5.41) is 27.6. The van der Waals surface area contributed by atoms with E-state index in [9.17, 15) is 10.2 Å². The first kappa shape index (κ1) is 11.4. The van der Waals surface area contributed by atoms with Crippen LogP contribution in [0.15, 0.2) is 25.3 Å². The van der Waals surface area contributed by atoms with Gasteiger partial charge in [0.1, 0.15) is 6.10 Å². The second-order valence-corrected chi connectivity index (χ2v) is 2.79. The molecule has 0 bridgehead atoms. The maximum absolute atomic E-state index is 9.73. The molecule has 0 aromatic carbocycles. The van der Waals surface area contributed by atoms with Crippen LogP contribution >= 0.6 is 0 Å². The van der Waals surface area contributed by atoms with Crippen molar-refractivity contribution in [1.82, 2.24) is 0 Å². The predicted molar refractivity (Wildman–Crippen MR) is 47.7 cm³/mol. The molecule has 0 spiro atoms. The van der Waals surface area contributed by atoms with Crippen molar-refractivity contribution in [3.8, 4) is 0 Å². The van der Waals surface area contributed by atoms with E-state index in [1.54, 1.807) is 0 Å². The lowest BCUT2D eigenvalue weighted by Crippen LogP contribution is -2.43. The first-order chi connectivity index (χ1) is 5.60. The van der Waals surface area contributed by atoms with Crippen LogP contribution in [0.4, 0.5) is 0 Å². The minimum absolute atomic E-state index is 0.237. The zero-order valence-corrected chi connectivity index (χ0v) is 7.11. The third kappa shape index (κ3) is 2.77. The summed E-state index contributed by atoms with van der Waals surface area (Å²) in [5.74, 6) is 0. The molecule has 0 radical (unpaired) electrons. The van der Waals surface area contributed by atoms with Crippen molar-refractivity contribution in [1.29, 1.82) is 0 Å². The van der Waals surface area contributed by atoms with Gasteiger partial charge < -0.3 is 15.3 Å². The zero-order valence-electron chi connectivity index (χ0n) is 7.11. The summed E-state index contributed by atoms with van der Waals surface area (Å²) in [6.45, 7) is 6.46. The minimum atomic E-state index is -1.32. The van der Waals surface area contributed by atoms with Gasteiger partial charge in [-0.3, -0.25) is 0 Å². The molecular formula is C9H16O3. The van der Waals surface area contributed by atoms with Crippen molar-refractivity contribution in [2.24, 2.45) is 0 Å². The van der Waals surface area contributed by atoms with Crippen LogP contribution in [0, 0.1) is 0 Å². The van der Waals surface area contributed by atoms with E-state index in [0.29, 0.717) is 0 Å². The molecule has 12 heavy (non-hydrogen) atoms. The average molecular weight is 172 g/mol. The van der Waals surface area contributed by atoms with Crippen LogP contribution in [-0.2, 0) is 0 Å². The van der Waals surface area contributed by atoms with Crippen molar-refractivity contribution in [3.63, 3.8) is 0 Å². The maximum Gasteiger partial charge on any atom is 0.106 e. The predicted octanol–water partition coefficient (Wildman–Crippen LogP) is 0.223. The van der Waals surface area contributed by atoms with Crippen molar-refractivity contribution < 1.29 is 15.3 Å². The molecule has 0 saturated carbocycles. The Hall–Kier alpha value is -0.640. The van der Waals surface area contributed by atoms with Gasteiger partial charge in [-0.25, -0.2) is 0 Å². The Bertz CT molecular complexity index is 144. The van der Waals surface area contributed by atoms with Gasteiger partial charge in [-0.2, -0.15) is 0 Å². The van der Waals surface area contributed by atoms with Crippen LogP contribution in [-0.4, -0.2) is 33.6 Å². The van der Waals surface area contributed by atoms with Crippen molar-refractivity contribution >= 4 is 0 Å². The van der Waals surface area contributed by atoms with E-state index in [-0.39, 0.29) is 12.8 Å². The van der Waals surface area contributed by atoms with E-state index in [1.807, 2.05) is 0 Å². The van der Waals surface area contributed by atoms with Crippen LogP contribution in [0.2, 0.25) is 0 Å². The van der Waals surface area contributed by atoms with Gasteiger partial charge in [-0.15, -0.1) is 13.2 Å². The highest BCUT2D eigenvalue weighted by Gasteiger charge is 2.32. The van der Waals surface area contributed by atoms with Gasteiger partial charge in [0.05, 0.1) is 12.2 Å². The average Bonchev–Trinajstić information content (AvgIpc) is 2.04. The lowest BCUT2D eigenvalue weighted by Gasteiger charge is -2.29. The Kier molecular flexibility index (Phi) is 4.81. The molecule has 1 atom stereocenters. The maximum atomic E-state index is 9.73. The lowest BCUT2D eigenvalue weighted by atomic mass is 9.89. The highest BCUT2D eigenvalue weighted by molar-refractivity contribution is 4.96. The molecule has 0 rings (SSSR count). The van der Waals surface area contributed by atoms with Gasteiger partial charge in [0, 0.05) is 0 Å². The van der Waals surface area contributed by atoms with E-state index < -0.39 is 18.3 Å². The number of hydrogen-bond donors (Lipinski definition) is 3. The SMILES string of the molecule is C=CCC(O)(CC=C)[C@H](O)CO. The van der Waals surface area contributed by atoms with E-state index in [0.717, 1.165) is 0 Å². The molecule has 0 amide bonds. The summed E-state index contributed by atoms with van der Waals surface area (Å²) >= 11 is 0. The molecule has 70 valence electrons. The molecule has 0 saturated heterocycles. The molecule has 0 aliphatic carbocycles. The van der Waals surface area contributed by atoms with Gasteiger partial charge in [0.15, 0.2) is 0 Å². The summed E-state index contributed by atoms with van der Waals surface area (Å²) < 4.78 is 0. The lowest BCUT2D eigenvalue weighted by molar-refractivity contribution is -0.0905. The Balaban J connectivity index is 4.34. The summed E-state index contributed by atoms with van der Waals surface area (Å²) in [4.78, 5) is 0. The molecule has 3 nitrogen and oxygen atoms in total. The van der Waals surface area contributed by atoms with Crippen LogP contribution in [0.1, 0.15) is 12.8 Å². The Morgan fingerprint density at radius 2 is 1.67 bits per heavy atom. The topological polar surface area (TPSA) is 60.7 Å². The molecule has 0 heterocycles. The molecule has 0 fully saturated rings. The monoisotopic (exact) mass is 172 g/mol. The fourth-order valence-electron chi connectivity index (χ4n) is 1.03. The Morgan fingerprint density at radius 3 is 1.92 bits per heavy atom. The summed E-state index contributed by atoms with van der Waals surface area (Å²) in [7, 11) is 0. The van der Waals surface area contributed by atoms with E-state index in [4.69, 9.17) is 5.11 Å². The third-order valence-corrected chi connectivity index (χ3v) is 1.79. The molecule has 0 aliphatic rings. The second-order valence-electron chi connectivity index (χ2n) is 2.79. The standard InChI is InChI=1S/C9H16O3/c1-3-5-9(12,6-4-2)8(11)7-10/h3-4,8,10-12H,1-2,5-7H2/t8-/m1/s1. The van der Waals surface area contributed by atoms with Crippen LogP contribution in [0.25, 0.3) is 0 Å². The number of hydrogen-bond acceptors (Lipinski definition) is 3. The highest BCUT2D eigenvalue weighted by Crippen LogP contribution is 2.20. The number of aliphatic hydroxyl groups is 3. The van der Waals surface area contributed by atoms with Gasteiger partial charge in [-0.1, -0.05) is 12.2 Å². The zero-order chi connectivity index (χ0) is 9.61. The van der Waals surface area contributed by atoms with Crippen molar-refractivity contribution in [2.45, 2.75) is 24.5 Å². The molecule has 0 unspecified atom stereocenters. The van der Waals surface area contributed by atoms with Gasteiger partial charge in [0.25, 0.3) is 0 Å². The van der Waals surface area contributed by atoms with E-state index in [1.165, 1.54) is 12.2 Å². The number of rotatable bonds is 6. The quantitative estimate of drug-likeness (QED) is 0.502. The largest absolute Gasteiger partial charge is 0.394 e. The van der Waals surface area contributed by atoms with Crippen LogP contribution in [0.5, 0.6) is 0 Å². The van der Waals surface area contributed by atoms with Gasteiger partial charge in [0.2, 0.25) is 0 Å². The fourth-order valence-corrected chi connectivity index (χ4v) is 1.03. The molecule has 3 heteroatoms.